The molecule has 106 valence electrons. The molecule has 1 aromatic carbocycles. The van der Waals surface area contributed by atoms with Crippen LogP contribution in [0.3, 0.4) is 0 Å². The Labute approximate surface area is 121 Å². The molecule has 0 spiro atoms. The van der Waals surface area contributed by atoms with Crippen molar-refractivity contribution in [1.82, 2.24) is 15.1 Å². The fourth-order valence-electron chi connectivity index (χ4n) is 1.85. The minimum atomic E-state index is -0.473. The van der Waals surface area contributed by atoms with Gasteiger partial charge in [0, 0.05) is 31.0 Å². The number of rotatable bonds is 6. The lowest BCUT2D eigenvalue weighted by Crippen LogP contribution is -2.30. The van der Waals surface area contributed by atoms with Crippen molar-refractivity contribution < 1.29 is 4.92 Å². The molecule has 1 unspecified atom stereocenters. The number of nitro groups is 1. The first-order valence-corrected chi connectivity index (χ1v) is 6.57. The van der Waals surface area contributed by atoms with Gasteiger partial charge in [0.05, 0.1) is 11.5 Å². The molecule has 0 aliphatic heterocycles. The summed E-state index contributed by atoms with van der Waals surface area (Å²) >= 11 is 5.78. The normalized spacial score (nSPS) is 12.3. The molecule has 6 nitrogen and oxygen atoms in total. The molecule has 0 aliphatic rings. The Morgan fingerprint density at radius 1 is 1.55 bits per heavy atom. The van der Waals surface area contributed by atoms with Gasteiger partial charge in [0.2, 0.25) is 0 Å². The Hall–Kier alpha value is -1.92. The highest BCUT2D eigenvalue weighted by molar-refractivity contribution is 6.32. The number of nitrogens with zero attached hydrogens (tertiary/aromatic N) is 3. The maximum absolute atomic E-state index is 10.8. The van der Waals surface area contributed by atoms with Gasteiger partial charge in [-0.3, -0.25) is 14.8 Å². The van der Waals surface area contributed by atoms with Gasteiger partial charge in [-0.2, -0.15) is 5.10 Å². The van der Waals surface area contributed by atoms with Crippen molar-refractivity contribution in [2.45, 2.75) is 26.1 Å². The van der Waals surface area contributed by atoms with Crippen molar-refractivity contribution in [1.29, 1.82) is 0 Å². The van der Waals surface area contributed by atoms with E-state index < -0.39 is 4.92 Å². The molecule has 7 heteroatoms. The predicted molar refractivity (Wildman–Crippen MR) is 76.6 cm³/mol. The molecule has 0 aliphatic carbocycles. The Morgan fingerprint density at radius 3 is 3.00 bits per heavy atom. The summed E-state index contributed by atoms with van der Waals surface area (Å²) < 4.78 is 1.84. The summed E-state index contributed by atoms with van der Waals surface area (Å²) in [6.45, 7) is 3.31. The molecule has 1 heterocycles. The van der Waals surface area contributed by atoms with Crippen LogP contribution in [0.5, 0.6) is 0 Å². The van der Waals surface area contributed by atoms with Crippen LogP contribution in [-0.4, -0.2) is 20.7 Å². The lowest BCUT2D eigenvalue weighted by Gasteiger charge is -2.14. The molecular formula is C13H15ClN4O2. The van der Waals surface area contributed by atoms with E-state index in [0.717, 1.165) is 12.1 Å². The lowest BCUT2D eigenvalue weighted by molar-refractivity contribution is -0.384. The summed E-state index contributed by atoms with van der Waals surface area (Å²) in [6, 6.07) is 6.90. The van der Waals surface area contributed by atoms with E-state index in [0.29, 0.717) is 6.54 Å². The Balaban J connectivity index is 1.93. The zero-order valence-corrected chi connectivity index (χ0v) is 11.7. The van der Waals surface area contributed by atoms with E-state index in [1.807, 2.05) is 23.9 Å². The van der Waals surface area contributed by atoms with Gasteiger partial charge in [-0.1, -0.05) is 17.7 Å². The van der Waals surface area contributed by atoms with E-state index >= 15 is 0 Å². The van der Waals surface area contributed by atoms with E-state index in [1.54, 1.807) is 18.3 Å². The van der Waals surface area contributed by atoms with Crippen LogP contribution in [0.4, 0.5) is 5.69 Å². The van der Waals surface area contributed by atoms with E-state index in [4.69, 9.17) is 11.6 Å². The van der Waals surface area contributed by atoms with Crippen LogP contribution in [0.1, 0.15) is 12.5 Å². The van der Waals surface area contributed by atoms with Gasteiger partial charge in [-0.05, 0) is 24.6 Å². The number of nitrogens with one attached hydrogen (secondary N) is 1. The topological polar surface area (TPSA) is 73.0 Å². The molecule has 20 heavy (non-hydrogen) atoms. The molecule has 0 saturated carbocycles. The second kappa shape index (κ2) is 6.49. The average Bonchev–Trinajstić information content (AvgIpc) is 2.90. The van der Waals surface area contributed by atoms with Crippen LogP contribution >= 0.6 is 11.6 Å². The largest absolute Gasteiger partial charge is 0.308 e. The standard InChI is InChI=1S/C13H15ClN4O2/c1-10(9-17-6-2-5-16-17)15-8-11-3-4-12(14)13(7-11)18(19)20/h2-7,10,15H,8-9H2,1H3. The van der Waals surface area contributed by atoms with E-state index in [1.165, 1.54) is 6.07 Å². The van der Waals surface area contributed by atoms with Crippen LogP contribution in [0.2, 0.25) is 5.02 Å². The summed E-state index contributed by atoms with van der Waals surface area (Å²) in [5.74, 6) is 0. The first kappa shape index (κ1) is 14.5. The number of nitro benzene ring substituents is 1. The number of aromatic nitrogens is 2. The van der Waals surface area contributed by atoms with E-state index in [9.17, 15) is 10.1 Å². The van der Waals surface area contributed by atoms with Gasteiger partial charge in [-0.15, -0.1) is 0 Å². The summed E-state index contributed by atoms with van der Waals surface area (Å²) in [6.07, 6.45) is 3.63. The molecule has 2 aromatic rings. The molecule has 1 N–H and O–H groups in total. The van der Waals surface area contributed by atoms with Crippen LogP contribution in [0, 0.1) is 10.1 Å². The monoisotopic (exact) mass is 294 g/mol. The molecule has 1 atom stereocenters. The highest BCUT2D eigenvalue weighted by Gasteiger charge is 2.13. The molecular weight excluding hydrogens is 280 g/mol. The Morgan fingerprint density at radius 2 is 2.35 bits per heavy atom. The summed E-state index contributed by atoms with van der Waals surface area (Å²) in [4.78, 5) is 10.3. The lowest BCUT2D eigenvalue weighted by atomic mass is 10.2. The molecule has 2 rings (SSSR count). The smallest absolute Gasteiger partial charge is 0.288 e. The van der Waals surface area contributed by atoms with Gasteiger partial charge < -0.3 is 5.32 Å². The maximum atomic E-state index is 10.8. The summed E-state index contributed by atoms with van der Waals surface area (Å²) in [5, 5.41) is 18.4. The quantitative estimate of drug-likeness (QED) is 0.656. The van der Waals surface area contributed by atoms with Crippen molar-refractivity contribution in [2.24, 2.45) is 0 Å². The summed E-state index contributed by atoms with van der Waals surface area (Å²) in [7, 11) is 0. The molecule has 1 aromatic heterocycles. The number of benzene rings is 1. The van der Waals surface area contributed by atoms with Crippen LogP contribution in [0.15, 0.2) is 36.7 Å². The predicted octanol–water partition coefficient (Wildman–Crippen LogP) is 2.62. The SMILES string of the molecule is CC(Cn1cccn1)NCc1ccc(Cl)c([N+](=O)[O-])c1. The summed E-state index contributed by atoms with van der Waals surface area (Å²) in [5.41, 5.74) is 0.763. The minimum Gasteiger partial charge on any atom is -0.308 e. The fourth-order valence-corrected chi connectivity index (χ4v) is 2.04. The van der Waals surface area contributed by atoms with Crippen molar-refractivity contribution in [3.63, 3.8) is 0 Å². The molecule has 0 saturated heterocycles. The van der Waals surface area contributed by atoms with Crippen LogP contribution < -0.4 is 5.32 Å². The molecule has 0 fully saturated rings. The molecule has 0 radical (unpaired) electrons. The highest BCUT2D eigenvalue weighted by Crippen LogP contribution is 2.24. The number of halogens is 1. The third-order valence-corrected chi connectivity index (χ3v) is 3.20. The average molecular weight is 295 g/mol. The minimum absolute atomic E-state index is 0.0642. The van der Waals surface area contributed by atoms with Crippen LogP contribution in [-0.2, 0) is 13.1 Å². The number of hydrogen-bond donors (Lipinski definition) is 1. The second-order valence-electron chi connectivity index (χ2n) is 4.55. The zero-order chi connectivity index (χ0) is 14.5. The van der Waals surface area contributed by atoms with Crippen molar-refractivity contribution >= 4 is 17.3 Å². The van der Waals surface area contributed by atoms with Gasteiger partial charge in [0.25, 0.3) is 5.69 Å². The van der Waals surface area contributed by atoms with Gasteiger partial charge in [0.1, 0.15) is 5.02 Å². The van der Waals surface area contributed by atoms with Crippen molar-refractivity contribution in [2.75, 3.05) is 0 Å². The Kier molecular flexibility index (Phi) is 4.70. The first-order valence-electron chi connectivity index (χ1n) is 6.20. The highest BCUT2D eigenvalue weighted by atomic mass is 35.5. The van der Waals surface area contributed by atoms with E-state index in [-0.39, 0.29) is 16.8 Å². The maximum Gasteiger partial charge on any atom is 0.288 e. The second-order valence-corrected chi connectivity index (χ2v) is 4.96. The van der Waals surface area contributed by atoms with Gasteiger partial charge in [-0.25, -0.2) is 0 Å². The molecule has 0 amide bonds. The Bertz CT molecular complexity index is 586. The van der Waals surface area contributed by atoms with Gasteiger partial charge >= 0.3 is 0 Å². The third kappa shape index (κ3) is 3.79. The third-order valence-electron chi connectivity index (χ3n) is 2.88. The van der Waals surface area contributed by atoms with Crippen molar-refractivity contribution in [3.05, 3.63) is 57.4 Å². The van der Waals surface area contributed by atoms with Crippen molar-refractivity contribution in [3.8, 4) is 0 Å². The van der Waals surface area contributed by atoms with E-state index in [2.05, 4.69) is 10.4 Å². The van der Waals surface area contributed by atoms with Gasteiger partial charge in [0.15, 0.2) is 0 Å². The first-order chi connectivity index (χ1) is 9.56. The van der Waals surface area contributed by atoms with Crippen LogP contribution in [0.25, 0.3) is 0 Å². The number of hydrogen-bond acceptors (Lipinski definition) is 4. The zero-order valence-electron chi connectivity index (χ0n) is 11.0. The molecule has 0 bridgehead atoms. The fraction of sp³-hybridized carbons (Fsp3) is 0.308.